The van der Waals surface area contributed by atoms with Crippen LogP contribution in [0.25, 0.3) is 0 Å². The van der Waals surface area contributed by atoms with Crippen molar-refractivity contribution in [2.24, 2.45) is 0 Å². The molecule has 0 spiro atoms. The van der Waals surface area contributed by atoms with Crippen LogP contribution in [-0.2, 0) is 9.59 Å². The quantitative estimate of drug-likeness (QED) is 0.726. The molecule has 2 amide bonds. The highest BCUT2D eigenvalue weighted by atomic mass is 35.5. The van der Waals surface area contributed by atoms with Crippen molar-refractivity contribution in [3.8, 4) is 5.75 Å². The van der Waals surface area contributed by atoms with Gasteiger partial charge >= 0.3 is 0 Å². The summed E-state index contributed by atoms with van der Waals surface area (Å²) in [7, 11) is 0. The van der Waals surface area contributed by atoms with E-state index in [2.05, 4.69) is 4.90 Å². The lowest BCUT2D eigenvalue weighted by Crippen LogP contribution is -2.53. The number of carbonyl (C=O) groups excluding carboxylic acids is 2. The average molecular weight is 382 g/mol. The summed E-state index contributed by atoms with van der Waals surface area (Å²) in [6.07, 6.45) is -0.572. The summed E-state index contributed by atoms with van der Waals surface area (Å²) >= 11 is 5.95. The molecular weight excluding hydrogens is 354 g/mol. The zero-order valence-corrected chi connectivity index (χ0v) is 16.5. The van der Waals surface area contributed by atoms with Gasteiger partial charge in [0.15, 0.2) is 6.10 Å². The van der Waals surface area contributed by atoms with Gasteiger partial charge in [-0.15, -0.1) is 0 Å². The third kappa shape index (κ3) is 5.61. The van der Waals surface area contributed by atoms with E-state index in [-0.39, 0.29) is 11.8 Å². The second kappa shape index (κ2) is 9.78. The number of hydrogen-bond donors (Lipinski definition) is 0. The molecule has 0 N–H and O–H groups in total. The molecule has 6 nitrogen and oxygen atoms in total. The van der Waals surface area contributed by atoms with Crippen LogP contribution in [0.1, 0.15) is 20.8 Å². The number of piperazine rings is 1. The van der Waals surface area contributed by atoms with Gasteiger partial charge in [0, 0.05) is 44.3 Å². The van der Waals surface area contributed by atoms with E-state index < -0.39 is 6.10 Å². The van der Waals surface area contributed by atoms with Crippen LogP contribution < -0.4 is 4.74 Å². The van der Waals surface area contributed by atoms with Crippen molar-refractivity contribution in [2.75, 3.05) is 45.8 Å². The number of likely N-dealkylation sites (N-methyl/N-ethyl adjacent to an activating group) is 1. The lowest BCUT2D eigenvalue weighted by molar-refractivity contribution is -0.140. The van der Waals surface area contributed by atoms with Gasteiger partial charge in [-0.1, -0.05) is 17.7 Å². The third-order valence-corrected chi connectivity index (χ3v) is 4.85. The predicted octanol–water partition coefficient (Wildman–Crippen LogP) is 2.12. The van der Waals surface area contributed by atoms with Crippen molar-refractivity contribution in [1.29, 1.82) is 0 Å². The average Bonchev–Trinajstić information content (AvgIpc) is 2.62. The molecule has 1 unspecified atom stereocenters. The topological polar surface area (TPSA) is 53.1 Å². The van der Waals surface area contributed by atoms with Crippen LogP contribution in [0.15, 0.2) is 24.3 Å². The molecule has 7 heteroatoms. The Morgan fingerprint density at radius 2 is 1.85 bits per heavy atom. The Labute approximate surface area is 160 Å². The molecule has 1 saturated heterocycles. The molecule has 1 aromatic carbocycles. The molecule has 1 atom stereocenters. The first-order valence-electron chi connectivity index (χ1n) is 9.15. The minimum Gasteiger partial charge on any atom is -0.481 e. The van der Waals surface area contributed by atoms with Crippen molar-refractivity contribution in [2.45, 2.75) is 26.9 Å². The van der Waals surface area contributed by atoms with Gasteiger partial charge < -0.3 is 14.5 Å². The lowest BCUT2D eigenvalue weighted by Gasteiger charge is -2.36. The largest absolute Gasteiger partial charge is 0.481 e. The summed E-state index contributed by atoms with van der Waals surface area (Å²) in [5, 5.41) is 0.577. The first-order valence-corrected chi connectivity index (χ1v) is 9.53. The summed E-state index contributed by atoms with van der Waals surface area (Å²) in [5.41, 5.74) is 0. The Balaban J connectivity index is 1.81. The number of amides is 2. The number of benzene rings is 1. The standard InChI is InChI=1S/C19H28ClN3O3/c1-4-22(5-2)18(24)14-21-9-11-23(12-10-21)19(25)15(3)26-17-8-6-7-16(20)13-17/h6-8,13,15H,4-5,9-12,14H2,1-3H3. The van der Waals surface area contributed by atoms with E-state index in [1.165, 1.54) is 0 Å². The fourth-order valence-electron chi connectivity index (χ4n) is 3.05. The second-order valence-electron chi connectivity index (χ2n) is 6.38. The van der Waals surface area contributed by atoms with Gasteiger partial charge in [0.2, 0.25) is 5.91 Å². The molecule has 1 aliphatic heterocycles. The molecular formula is C19H28ClN3O3. The van der Waals surface area contributed by atoms with Crippen LogP contribution in [0, 0.1) is 0 Å². The molecule has 1 aliphatic rings. The van der Waals surface area contributed by atoms with Gasteiger partial charge in [-0.05, 0) is 39.0 Å². The van der Waals surface area contributed by atoms with Crippen LogP contribution in [0.2, 0.25) is 5.02 Å². The number of halogens is 1. The molecule has 1 heterocycles. The maximum absolute atomic E-state index is 12.6. The monoisotopic (exact) mass is 381 g/mol. The van der Waals surface area contributed by atoms with E-state index >= 15 is 0 Å². The summed E-state index contributed by atoms with van der Waals surface area (Å²) < 4.78 is 5.71. The van der Waals surface area contributed by atoms with Gasteiger partial charge in [-0.25, -0.2) is 0 Å². The fourth-order valence-corrected chi connectivity index (χ4v) is 3.23. The number of hydrogen-bond acceptors (Lipinski definition) is 4. The second-order valence-corrected chi connectivity index (χ2v) is 6.82. The molecule has 1 fully saturated rings. The molecule has 0 aromatic heterocycles. The Kier molecular flexibility index (Phi) is 7.72. The van der Waals surface area contributed by atoms with E-state index in [9.17, 15) is 9.59 Å². The zero-order valence-electron chi connectivity index (χ0n) is 15.8. The molecule has 144 valence electrons. The zero-order chi connectivity index (χ0) is 19.1. The van der Waals surface area contributed by atoms with Crippen LogP contribution >= 0.6 is 11.6 Å². The maximum atomic E-state index is 12.6. The van der Waals surface area contributed by atoms with Gasteiger partial charge in [0.1, 0.15) is 5.75 Å². The Morgan fingerprint density at radius 1 is 1.19 bits per heavy atom. The Bertz CT molecular complexity index is 614. The predicted molar refractivity (Wildman–Crippen MR) is 102 cm³/mol. The van der Waals surface area contributed by atoms with Crippen molar-refractivity contribution < 1.29 is 14.3 Å². The number of nitrogens with zero attached hydrogens (tertiary/aromatic N) is 3. The van der Waals surface area contributed by atoms with Crippen LogP contribution in [0.3, 0.4) is 0 Å². The summed E-state index contributed by atoms with van der Waals surface area (Å²) in [5.74, 6) is 0.689. The highest BCUT2D eigenvalue weighted by molar-refractivity contribution is 6.30. The van der Waals surface area contributed by atoms with Gasteiger partial charge in [-0.3, -0.25) is 14.5 Å². The normalized spacial score (nSPS) is 16.2. The molecule has 0 radical (unpaired) electrons. The first-order chi connectivity index (χ1) is 12.4. The Hall–Kier alpha value is -1.79. The molecule has 0 aliphatic carbocycles. The van der Waals surface area contributed by atoms with Crippen molar-refractivity contribution in [1.82, 2.24) is 14.7 Å². The molecule has 0 bridgehead atoms. The van der Waals surface area contributed by atoms with Crippen LogP contribution in [0.5, 0.6) is 5.75 Å². The highest BCUT2D eigenvalue weighted by Gasteiger charge is 2.27. The van der Waals surface area contributed by atoms with Crippen molar-refractivity contribution in [3.05, 3.63) is 29.3 Å². The fraction of sp³-hybridized carbons (Fsp3) is 0.579. The highest BCUT2D eigenvalue weighted by Crippen LogP contribution is 2.19. The van der Waals surface area contributed by atoms with E-state index in [0.29, 0.717) is 43.5 Å². The van der Waals surface area contributed by atoms with Gasteiger partial charge in [0.05, 0.1) is 6.54 Å². The number of rotatable bonds is 7. The number of carbonyl (C=O) groups is 2. The smallest absolute Gasteiger partial charge is 0.263 e. The summed E-state index contributed by atoms with van der Waals surface area (Å²) in [6.45, 7) is 10.2. The molecule has 26 heavy (non-hydrogen) atoms. The van der Waals surface area contributed by atoms with E-state index in [0.717, 1.165) is 13.1 Å². The summed E-state index contributed by atoms with van der Waals surface area (Å²) in [4.78, 5) is 30.5. The van der Waals surface area contributed by atoms with E-state index in [1.807, 2.05) is 18.7 Å². The van der Waals surface area contributed by atoms with E-state index in [1.54, 1.807) is 36.1 Å². The first kappa shape index (κ1) is 20.5. The van der Waals surface area contributed by atoms with Gasteiger partial charge in [-0.2, -0.15) is 0 Å². The molecule has 1 aromatic rings. The number of ether oxygens (including phenoxy) is 1. The maximum Gasteiger partial charge on any atom is 0.263 e. The SMILES string of the molecule is CCN(CC)C(=O)CN1CCN(C(=O)C(C)Oc2cccc(Cl)c2)CC1. The van der Waals surface area contributed by atoms with E-state index in [4.69, 9.17) is 16.3 Å². The minimum absolute atomic E-state index is 0.0419. The molecule has 0 saturated carbocycles. The Morgan fingerprint density at radius 3 is 2.42 bits per heavy atom. The van der Waals surface area contributed by atoms with Crippen LogP contribution in [0.4, 0.5) is 0 Å². The lowest BCUT2D eigenvalue weighted by atomic mass is 10.2. The third-order valence-electron chi connectivity index (χ3n) is 4.62. The summed E-state index contributed by atoms with van der Waals surface area (Å²) in [6, 6.07) is 7.04. The minimum atomic E-state index is -0.572. The van der Waals surface area contributed by atoms with Gasteiger partial charge in [0.25, 0.3) is 5.91 Å². The van der Waals surface area contributed by atoms with Crippen molar-refractivity contribution in [3.63, 3.8) is 0 Å². The van der Waals surface area contributed by atoms with Crippen LogP contribution in [-0.4, -0.2) is 78.4 Å². The van der Waals surface area contributed by atoms with Crippen molar-refractivity contribution >= 4 is 23.4 Å². The molecule has 2 rings (SSSR count).